The zero-order chi connectivity index (χ0) is 15.2. The summed E-state index contributed by atoms with van der Waals surface area (Å²) in [4.78, 5) is 17.8. The molecule has 0 bridgehead atoms. The summed E-state index contributed by atoms with van der Waals surface area (Å²) in [6.45, 7) is 5.19. The zero-order valence-electron chi connectivity index (χ0n) is 12.4. The molecule has 1 fully saturated rings. The summed E-state index contributed by atoms with van der Waals surface area (Å²) in [7, 11) is 0. The van der Waals surface area contributed by atoms with Gasteiger partial charge in [-0.05, 0) is 26.0 Å². The lowest BCUT2D eigenvalue weighted by molar-refractivity contribution is 0.106. The van der Waals surface area contributed by atoms with E-state index in [0.29, 0.717) is 24.5 Å². The molecule has 6 nitrogen and oxygen atoms in total. The van der Waals surface area contributed by atoms with Crippen molar-refractivity contribution in [2.75, 3.05) is 13.1 Å². The Morgan fingerprint density at radius 2 is 2.24 bits per heavy atom. The molecule has 0 radical (unpaired) electrons. The van der Waals surface area contributed by atoms with Crippen molar-refractivity contribution < 1.29 is 9.53 Å². The normalized spacial score (nSPS) is 15.6. The Labute approximate surface area is 124 Å². The molecule has 2 heterocycles. The van der Waals surface area contributed by atoms with Gasteiger partial charge in [0.05, 0.1) is 0 Å². The smallest absolute Gasteiger partial charge is 0.317 e. The van der Waals surface area contributed by atoms with Gasteiger partial charge in [0.2, 0.25) is 5.88 Å². The highest BCUT2D eigenvalue weighted by Gasteiger charge is 2.25. The largest absolute Gasteiger partial charge is 0.473 e. The second kappa shape index (κ2) is 6.93. The van der Waals surface area contributed by atoms with Crippen LogP contribution in [0, 0.1) is 11.3 Å². The van der Waals surface area contributed by atoms with Crippen LogP contribution in [-0.2, 0) is 0 Å². The number of nitrogens with one attached hydrogen (secondary N) is 1. The van der Waals surface area contributed by atoms with Crippen LogP contribution in [0.5, 0.6) is 5.88 Å². The summed E-state index contributed by atoms with van der Waals surface area (Å²) in [5.41, 5.74) is 0.442. The van der Waals surface area contributed by atoms with Gasteiger partial charge in [0.1, 0.15) is 17.7 Å². The van der Waals surface area contributed by atoms with E-state index in [9.17, 15) is 4.79 Å². The van der Waals surface area contributed by atoms with Crippen LogP contribution in [0.3, 0.4) is 0 Å². The van der Waals surface area contributed by atoms with E-state index >= 15 is 0 Å². The Kier molecular flexibility index (Phi) is 4.99. The first-order valence-corrected chi connectivity index (χ1v) is 7.17. The van der Waals surface area contributed by atoms with Crippen LogP contribution in [-0.4, -0.2) is 41.2 Å². The highest BCUT2D eigenvalue weighted by atomic mass is 16.5. The first-order valence-electron chi connectivity index (χ1n) is 7.17. The third kappa shape index (κ3) is 4.09. The number of ether oxygens (including phenoxy) is 1. The lowest BCUT2D eigenvalue weighted by Crippen LogP contribution is -2.48. The number of nitriles is 1. The van der Waals surface area contributed by atoms with Crippen molar-refractivity contribution in [2.45, 2.75) is 38.8 Å². The molecule has 0 saturated carbocycles. The van der Waals surface area contributed by atoms with Crippen molar-refractivity contribution in [3.8, 4) is 11.9 Å². The molecule has 0 atom stereocenters. The second-order valence-electron chi connectivity index (χ2n) is 5.38. The van der Waals surface area contributed by atoms with Crippen molar-refractivity contribution in [1.29, 1.82) is 5.26 Å². The fourth-order valence-electron chi connectivity index (χ4n) is 2.24. The number of carbonyl (C=O) groups is 1. The SMILES string of the molecule is CC(C)NC(=O)N1CCC(Oc2ncccc2C#N)CC1. The van der Waals surface area contributed by atoms with E-state index in [4.69, 9.17) is 10.00 Å². The molecule has 2 rings (SSSR count). The maximum Gasteiger partial charge on any atom is 0.317 e. The van der Waals surface area contributed by atoms with Gasteiger partial charge < -0.3 is 15.0 Å². The Morgan fingerprint density at radius 1 is 1.52 bits per heavy atom. The van der Waals surface area contributed by atoms with Gasteiger partial charge in [0.15, 0.2) is 0 Å². The number of likely N-dealkylation sites (tertiary alicyclic amines) is 1. The summed E-state index contributed by atoms with van der Waals surface area (Å²) in [6.07, 6.45) is 3.09. The Bertz CT molecular complexity index is 531. The van der Waals surface area contributed by atoms with Crippen LogP contribution < -0.4 is 10.1 Å². The number of nitrogens with zero attached hydrogens (tertiary/aromatic N) is 3. The lowest BCUT2D eigenvalue weighted by Gasteiger charge is -2.32. The van der Waals surface area contributed by atoms with Crippen molar-refractivity contribution in [1.82, 2.24) is 15.2 Å². The number of hydrogen-bond donors (Lipinski definition) is 1. The molecule has 2 amide bonds. The summed E-state index contributed by atoms with van der Waals surface area (Å²) in [6, 6.07) is 5.58. The quantitative estimate of drug-likeness (QED) is 0.921. The van der Waals surface area contributed by atoms with E-state index < -0.39 is 0 Å². The van der Waals surface area contributed by atoms with Crippen LogP contribution in [0.25, 0.3) is 0 Å². The van der Waals surface area contributed by atoms with Crippen molar-refractivity contribution in [3.05, 3.63) is 23.9 Å². The minimum atomic E-state index is -0.0287. The summed E-state index contributed by atoms with van der Waals surface area (Å²) < 4.78 is 5.79. The monoisotopic (exact) mass is 288 g/mol. The predicted octanol–water partition coefficient (Wildman–Crippen LogP) is 1.91. The molecule has 0 aliphatic carbocycles. The van der Waals surface area contributed by atoms with Gasteiger partial charge in [-0.15, -0.1) is 0 Å². The summed E-state index contributed by atoms with van der Waals surface area (Å²) in [5, 5.41) is 11.9. The Morgan fingerprint density at radius 3 is 2.86 bits per heavy atom. The Balaban J connectivity index is 1.87. The van der Waals surface area contributed by atoms with Crippen molar-refractivity contribution >= 4 is 6.03 Å². The number of hydrogen-bond acceptors (Lipinski definition) is 4. The molecule has 1 aliphatic rings. The molecule has 0 unspecified atom stereocenters. The number of aromatic nitrogens is 1. The van der Waals surface area contributed by atoms with Crippen molar-refractivity contribution in [2.24, 2.45) is 0 Å². The first kappa shape index (κ1) is 15.1. The molecule has 21 heavy (non-hydrogen) atoms. The molecule has 1 N–H and O–H groups in total. The number of pyridine rings is 1. The van der Waals surface area contributed by atoms with Gasteiger partial charge in [0.25, 0.3) is 0 Å². The topological polar surface area (TPSA) is 78.2 Å². The molecule has 1 saturated heterocycles. The number of rotatable bonds is 3. The van der Waals surface area contributed by atoms with E-state index in [2.05, 4.69) is 16.4 Å². The predicted molar refractivity (Wildman–Crippen MR) is 77.8 cm³/mol. The standard InChI is InChI=1S/C15H20N4O2/c1-11(2)18-15(20)19-8-5-13(6-9-19)21-14-12(10-16)4-3-7-17-14/h3-4,7,11,13H,5-6,8-9H2,1-2H3,(H,18,20). The van der Waals surface area contributed by atoms with E-state index in [1.54, 1.807) is 23.2 Å². The average Bonchev–Trinajstić information content (AvgIpc) is 2.48. The van der Waals surface area contributed by atoms with E-state index in [-0.39, 0.29) is 18.2 Å². The molecular formula is C15H20N4O2. The van der Waals surface area contributed by atoms with Gasteiger partial charge in [0, 0.05) is 38.2 Å². The number of carbonyl (C=O) groups excluding carboxylic acids is 1. The molecule has 112 valence electrons. The highest BCUT2D eigenvalue weighted by Crippen LogP contribution is 2.20. The molecule has 1 aromatic rings. The summed E-state index contributed by atoms with van der Waals surface area (Å²) >= 11 is 0. The third-order valence-electron chi connectivity index (χ3n) is 3.31. The molecule has 1 aliphatic heterocycles. The fourth-order valence-corrected chi connectivity index (χ4v) is 2.24. The number of urea groups is 1. The fraction of sp³-hybridized carbons (Fsp3) is 0.533. The van der Waals surface area contributed by atoms with Crippen LogP contribution in [0.2, 0.25) is 0 Å². The maximum atomic E-state index is 11.9. The molecule has 1 aromatic heterocycles. The Hall–Kier alpha value is -2.29. The summed E-state index contributed by atoms with van der Waals surface area (Å²) in [5.74, 6) is 0.380. The van der Waals surface area contributed by atoms with E-state index in [1.807, 2.05) is 13.8 Å². The van der Waals surface area contributed by atoms with E-state index in [1.165, 1.54) is 0 Å². The molecule has 0 spiro atoms. The van der Waals surface area contributed by atoms with Crippen LogP contribution in [0.4, 0.5) is 4.79 Å². The first-order chi connectivity index (χ1) is 10.1. The maximum absolute atomic E-state index is 11.9. The molecule has 6 heteroatoms. The zero-order valence-corrected chi connectivity index (χ0v) is 12.4. The third-order valence-corrected chi connectivity index (χ3v) is 3.31. The number of piperidine rings is 1. The minimum absolute atomic E-state index is 0.00454. The molecule has 0 aromatic carbocycles. The highest BCUT2D eigenvalue weighted by molar-refractivity contribution is 5.74. The minimum Gasteiger partial charge on any atom is -0.473 e. The molecular weight excluding hydrogens is 268 g/mol. The van der Waals surface area contributed by atoms with Gasteiger partial charge in [-0.1, -0.05) is 0 Å². The lowest BCUT2D eigenvalue weighted by atomic mass is 10.1. The van der Waals surface area contributed by atoms with Crippen molar-refractivity contribution in [3.63, 3.8) is 0 Å². The number of amides is 2. The van der Waals surface area contributed by atoms with Gasteiger partial charge in [-0.25, -0.2) is 9.78 Å². The van der Waals surface area contributed by atoms with Gasteiger partial charge >= 0.3 is 6.03 Å². The van der Waals surface area contributed by atoms with Crippen LogP contribution in [0.15, 0.2) is 18.3 Å². The average molecular weight is 288 g/mol. The van der Waals surface area contributed by atoms with Crippen LogP contribution >= 0.6 is 0 Å². The van der Waals surface area contributed by atoms with E-state index in [0.717, 1.165) is 12.8 Å². The van der Waals surface area contributed by atoms with Gasteiger partial charge in [-0.3, -0.25) is 0 Å². The van der Waals surface area contributed by atoms with Gasteiger partial charge in [-0.2, -0.15) is 5.26 Å². The second-order valence-corrected chi connectivity index (χ2v) is 5.38. The van der Waals surface area contributed by atoms with Crippen LogP contribution in [0.1, 0.15) is 32.3 Å².